The highest BCUT2D eigenvalue weighted by Crippen LogP contribution is 2.24. The van der Waals surface area contributed by atoms with Crippen LogP contribution in [-0.4, -0.2) is 23.8 Å². The summed E-state index contributed by atoms with van der Waals surface area (Å²) in [7, 11) is 1.58. The van der Waals surface area contributed by atoms with E-state index in [2.05, 4.69) is 0 Å². The first-order valence-electron chi connectivity index (χ1n) is 5.88. The quantitative estimate of drug-likeness (QED) is 0.676. The summed E-state index contributed by atoms with van der Waals surface area (Å²) in [6.45, 7) is 0. The first kappa shape index (κ1) is 14.4. The second kappa shape index (κ2) is 6.43. The number of hydrogen-bond acceptors (Lipinski definition) is 4. The van der Waals surface area contributed by atoms with Crippen molar-refractivity contribution in [3.63, 3.8) is 0 Å². The van der Waals surface area contributed by atoms with Gasteiger partial charge in [-0.05, 0) is 42.5 Å². The number of ketones is 1. The number of Topliss-reactive ketones (excluding diaryl/α,β-unsaturated/α-hetero) is 1. The summed E-state index contributed by atoms with van der Waals surface area (Å²) in [6.07, 6.45) is 0. The van der Waals surface area contributed by atoms with Crippen LogP contribution >= 0.6 is 11.8 Å². The van der Waals surface area contributed by atoms with Gasteiger partial charge < -0.3 is 9.84 Å². The zero-order valence-corrected chi connectivity index (χ0v) is 11.6. The molecule has 2 aromatic carbocycles. The van der Waals surface area contributed by atoms with Gasteiger partial charge in [0.1, 0.15) is 17.3 Å². The summed E-state index contributed by atoms with van der Waals surface area (Å²) >= 11 is 1.32. The van der Waals surface area contributed by atoms with Gasteiger partial charge in [0.2, 0.25) is 0 Å². The largest absolute Gasteiger partial charge is 0.507 e. The van der Waals surface area contributed by atoms with Crippen LogP contribution in [-0.2, 0) is 0 Å². The maximum Gasteiger partial charge on any atom is 0.176 e. The SMILES string of the molecule is COc1ccc(SCC(=O)c2cc(F)ccc2O)cc1. The van der Waals surface area contributed by atoms with E-state index in [0.29, 0.717) is 0 Å². The van der Waals surface area contributed by atoms with E-state index in [9.17, 15) is 14.3 Å². The van der Waals surface area contributed by atoms with E-state index in [1.165, 1.54) is 17.8 Å². The van der Waals surface area contributed by atoms with E-state index in [-0.39, 0.29) is 22.8 Å². The Kier molecular flexibility index (Phi) is 4.63. The number of aromatic hydroxyl groups is 1. The molecule has 0 unspecified atom stereocenters. The van der Waals surface area contributed by atoms with Crippen LogP contribution in [0, 0.1) is 5.82 Å². The number of phenols is 1. The molecule has 0 radical (unpaired) electrons. The normalized spacial score (nSPS) is 10.3. The highest BCUT2D eigenvalue weighted by molar-refractivity contribution is 8.00. The summed E-state index contributed by atoms with van der Waals surface area (Å²) in [4.78, 5) is 12.8. The van der Waals surface area contributed by atoms with Gasteiger partial charge in [0.15, 0.2) is 5.78 Å². The summed E-state index contributed by atoms with van der Waals surface area (Å²) in [5.41, 5.74) is 0.00557. The highest BCUT2D eigenvalue weighted by Gasteiger charge is 2.12. The monoisotopic (exact) mass is 292 g/mol. The number of rotatable bonds is 5. The maximum atomic E-state index is 13.1. The number of ether oxygens (including phenoxy) is 1. The molecule has 0 atom stereocenters. The number of phenolic OH excluding ortho intramolecular Hbond substituents is 1. The molecule has 0 aliphatic carbocycles. The number of halogens is 1. The molecule has 0 aliphatic heterocycles. The molecular formula is C15H13FO3S. The summed E-state index contributed by atoms with van der Waals surface area (Å²) in [5.74, 6) is -0.192. The minimum absolute atomic E-state index is 0.00557. The zero-order valence-electron chi connectivity index (χ0n) is 10.8. The molecule has 20 heavy (non-hydrogen) atoms. The van der Waals surface area contributed by atoms with Crippen molar-refractivity contribution in [1.29, 1.82) is 0 Å². The molecule has 0 saturated carbocycles. The van der Waals surface area contributed by atoms with Gasteiger partial charge in [-0.2, -0.15) is 0 Å². The molecule has 1 N–H and O–H groups in total. The van der Waals surface area contributed by atoms with E-state index in [1.807, 2.05) is 12.1 Å². The minimum atomic E-state index is -0.541. The molecule has 0 bridgehead atoms. The molecule has 104 valence electrons. The Morgan fingerprint density at radius 2 is 1.95 bits per heavy atom. The molecular weight excluding hydrogens is 279 g/mol. The van der Waals surface area contributed by atoms with Gasteiger partial charge in [-0.1, -0.05) is 0 Å². The van der Waals surface area contributed by atoms with Crippen LogP contribution < -0.4 is 4.74 Å². The smallest absolute Gasteiger partial charge is 0.176 e. The van der Waals surface area contributed by atoms with Crippen molar-refractivity contribution in [2.75, 3.05) is 12.9 Å². The first-order chi connectivity index (χ1) is 9.60. The van der Waals surface area contributed by atoms with Gasteiger partial charge in [0.05, 0.1) is 18.4 Å². The Bertz CT molecular complexity index is 611. The third-order valence-electron chi connectivity index (χ3n) is 2.69. The Labute approximate surface area is 120 Å². The standard InChI is InChI=1S/C15H13FO3S/c1-19-11-3-5-12(6-4-11)20-9-15(18)13-8-10(16)2-7-14(13)17/h2-8,17H,9H2,1H3. The molecule has 2 aromatic rings. The lowest BCUT2D eigenvalue weighted by Gasteiger charge is -2.05. The summed E-state index contributed by atoms with van der Waals surface area (Å²) in [5, 5.41) is 9.56. The Balaban J connectivity index is 2.02. The van der Waals surface area contributed by atoms with Crippen LogP contribution in [0.3, 0.4) is 0 Å². The molecule has 3 nitrogen and oxygen atoms in total. The minimum Gasteiger partial charge on any atom is -0.507 e. The van der Waals surface area contributed by atoms with Crippen LogP contribution in [0.5, 0.6) is 11.5 Å². The first-order valence-corrected chi connectivity index (χ1v) is 6.87. The zero-order chi connectivity index (χ0) is 14.5. The van der Waals surface area contributed by atoms with Crippen LogP contribution in [0.15, 0.2) is 47.4 Å². The molecule has 2 rings (SSSR count). The molecule has 0 amide bonds. The topological polar surface area (TPSA) is 46.5 Å². The molecule has 0 aliphatic rings. The second-order valence-corrected chi connectivity index (χ2v) is 5.10. The van der Waals surface area contributed by atoms with E-state index >= 15 is 0 Å². The summed E-state index contributed by atoms with van der Waals surface area (Å²) < 4.78 is 18.1. The van der Waals surface area contributed by atoms with Gasteiger partial charge in [0, 0.05) is 4.90 Å². The number of benzene rings is 2. The number of thioether (sulfide) groups is 1. The van der Waals surface area contributed by atoms with Gasteiger partial charge >= 0.3 is 0 Å². The Morgan fingerprint density at radius 1 is 1.25 bits per heavy atom. The van der Waals surface area contributed by atoms with Crippen LogP contribution in [0.25, 0.3) is 0 Å². The lowest BCUT2D eigenvalue weighted by molar-refractivity contribution is 0.101. The van der Waals surface area contributed by atoms with Gasteiger partial charge in [0.25, 0.3) is 0 Å². The lowest BCUT2D eigenvalue weighted by atomic mass is 10.1. The van der Waals surface area contributed by atoms with Crippen molar-refractivity contribution < 1.29 is 19.0 Å². The van der Waals surface area contributed by atoms with Gasteiger partial charge in [-0.15, -0.1) is 11.8 Å². The van der Waals surface area contributed by atoms with Crippen LogP contribution in [0.2, 0.25) is 0 Å². The number of carbonyl (C=O) groups excluding carboxylic acids is 1. The lowest BCUT2D eigenvalue weighted by Crippen LogP contribution is -2.03. The van der Waals surface area contributed by atoms with Crippen molar-refractivity contribution in [1.82, 2.24) is 0 Å². The number of hydrogen-bond donors (Lipinski definition) is 1. The fourth-order valence-electron chi connectivity index (χ4n) is 1.63. The van der Waals surface area contributed by atoms with Crippen LogP contribution in [0.1, 0.15) is 10.4 Å². The van der Waals surface area contributed by atoms with Gasteiger partial charge in [-0.3, -0.25) is 4.79 Å². The average molecular weight is 292 g/mol. The van der Waals surface area contributed by atoms with E-state index < -0.39 is 5.82 Å². The average Bonchev–Trinajstić information content (AvgIpc) is 2.47. The van der Waals surface area contributed by atoms with Crippen molar-refractivity contribution in [3.05, 3.63) is 53.8 Å². The van der Waals surface area contributed by atoms with Crippen molar-refractivity contribution in [3.8, 4) is 11.5 Å². The number of methoxy groups -OCH3 is 1. The summed E-state index contributed by atoms with van der Waals surface area (Å²) in [6, 6.07) is 10.6. The van der Waals surface area contributed by atoms with Crippen molar-refractivity contribution in [2.45, 2.75) is 4.90 Å². The third kappa shape index (κ3) is 3.51. The molecule has 5 heteroatoms. The predicted molar refractivity (Wildman–Crippen MR) is 76.1 cm³/mol. The Hall–Kier alpha value is -2.01. The molecule has 0 saturated heterocycles. The fourth-order valence-corrected chi connectivity index (χ4v) is 2.41. The van der Waals surface area contributed by atoms with Crippen molar-refractivity contribution in [2.24, 2.45) is 0 Å². The predicted octanol–water partition coefficient (Wildman–Crippen LogP) is 3.51. The molecule has 0 aromatic heterocycles. The third-order valence-corrected chi connectivity index (χ3v) is 3.70. The highest BCUT2D eigenvalue weighted by atomic mass is 32.2. The van der Waals surface area contributed by atoms with E-state index in [4.69, 9.17) is 4.74 Å². The molecule has 0 fully saturated rings. The maximum absolute atomic E-state index is 13.1. The second-order valence-electron chi connectivity index (χ2n) is 4.05. The molecule has 0 heterocycles. The van der Waals surface area contributed by atoms with Crippen LogP contribution in [0.4, 0.5) is 4.39 Å². The van der Waals surface area contributed by atoms with Crippen molar-refractivity contribution >= 4 is 17.5 Å². The Morgan fingerprint density at radius 3 is 2.60 bits per heavy atom. The van der Waals surface area contributed by atoms with E-state index in [1.54, 1.807) is 19.2 Å². The molecule has 0 spiro atoms. The van der Waals surface area contributed by atoms with E-state index in [0.717, 1.165) is 22.8 Å². The number of carbonyl (C=O) groups is 1. The fraction of sp³-hybridized carbons (Fsp3) is 0.133. The van der Waals surface area contributed by atoms with Gasteiger partial charge in [-0.25, -0.2) is 4.39 Å².